The number of pyridine rings is 1. The molecule has 0 aliphatic rings. The molecular weight excluding hydrogens is 328 g/mol. The van der Waals surface area contributed by atoms with Crippen LogP contribution >= 0.6 is 0 Å². The third kappa shape index (κ3) is 2.84. The van der Waals surface area contributed by atoms with Crippen LogP contribution in [-0.4, -0.2) is 32.6 Å². The predicted molar refractivity (Wildman–Crippen MR) is 99.4 cm³/mol. The van der Waals surface area contributed by atoms with E-state index < -0.39 is 0 Å². The summed E-state index contributed by atoms with van der Waals surface area (Å²) in [5.41, 5.74) is 10.0. The normalized spacial score (nSPS) is 12.2. The van der Waals surface area contributed by atoms with Gasteiger partial charge in [0.2, 0.25) is 0 Å². The van der Waals surface area contributed by atoms with Gasteiger partial charge in [0.15, 0.2) is 0 Å². The molecule has 5 N–H and O–H groups in total. The molecule has 1 atom stereocenters. The number of hydrogen-bond acceptors (Lipinski definition) is 4. The molecule has 0 aliphatic heterocycles. The maximum atomic E-state index is 12.9. The van der Waals surface area contributed by atoms with Crippen LogP contribution in [0, 0.1) is 0 Å². The average Bonchev–Trinajstić information content (AvgIpc) is 3.35. The number of nitrogens with one attached hydrogen (secondary N) is 3. The smallest absolute Gasteiger partial charge is 0.253 e. The molecule has 1 amide bonds. The van der Waals surface area contributed by atoms with Gasteiger partial charge in [-0.25, -0.2) is 0 Å². The molecule has 3 aromatic heterocycles. The van der Waals surface area contributed by atoms with Gasteiger partial charge in [-0.3, -0.25) is 14.9 Å². The summed E-state index contributed by atoms with van der Waals surface area (Å²) in [5, 5.41) is 10.8. The van der Waals surface area contributed by atoms with Crippen LogP contribution in [0.5, 0.6) is 0 Å². The molecular formula is C19H18N6O. The number of aromatic nitrogens is 4. The molecule has 1 aromatic carbocycles. The molecule has 0 bridgehead atoms. The SMILES string of the molecule is NCC(NC(=O)c1cccc2c(-c3cn[nH]c3)c[nH]c12)c1cccnc1. The first kappa shape index (κ1) is 16.0. The molecule has 0 fully saturated rings. The highest BCUT2D eigenvalue weighted by molar-refractivity contribution is 6.09. The number of carbonyl (C=O) groups excluding carboxylic acids is 1. The van der Waals surface area contributed by atoms with Gasteiger partial charge in [-0.05, 0) is 17.7 Å². The van der Waals surface area contributed by atoms with E-state index in [1.54, 1.807) is 24.7 Å². The molecule has 0 saturated heterocycles. The monoisotopic (exact) mass is 346 g/mol. The Morgan fingerprint density at radius 3 is 2.85 bits per heavy atom. The van der Waals surface area contributed by atoms with E-state index in [1.807, 2.05) is 36.7 Å². The number of amides is 1. The van der Waals surface area contributed by atoms with Crippen molar-refractivity contribution in [2.24, 2.45) is 5.73 Å². The van der Waals surface area contributed by atoms with Crippen LogP contribution < -0.4 is 11.1 Å². The van der Waals surface area contributed by atoms with Gasteiger partial charge >= 0.3 is 0 Å². The highest BCUT2D eigenvalue weighted by Crippen LogP contribution is 2.29. The maximum Gasteiger partial charge on any atom is 0.253 e. The van der Waals surface area contributed by atoms with Crippen LogP contribution in [0.4, 0.5) is 0 Å². The second-order valence-corrected chi connectivity index (χ2v) is 5.97. The van der Waals surface area contributed by atoms with Gasteiger partial charge in [-0.2, -0.15) is 5.10 Å². The number of nitrogens with two attached hydrogens (primary N) is 1. The number of para-hydroxylation sites is 1. The molecule has 3 heterocycles. The lowest BCUT2D eigenvalue weighted by atomic mass is 10.0. The Kier molecular flexibility index (Phi) is 4.20. The molecule has 0 saturated carbocycles. The topological polar surface area (TPSA) is 112 Å². The Morgan fingerprint density at radius 2 is 2.12 bits per heavy atom. The summed E-state index contributed by atoms with van der Waals surface area (Å²) in [7, 11) is 0. The zero-order valence-corrected chi connectivity index (χ0v) is 13.9. The summed E-state index contributed by atoms with van der Waals surface area (Å²) in [6.07, 6.45) is 8.86. The van der Waals surface area contributed by atoms with E-state index in [0.717, 1.165) is 27.6 Å². The van der Waals surface area contributed by atoms with Crippen molar-refractivity contribution in [1.82, 2.24) is 25.5 Å². The van der Waals surface area contributed by atoms with Gasteiger partial charge in [-0.1, -0.05) is 18.2 Å². The van der Waals surface area contributed by atoms with Gasteiger partial charge in [0.1, 0.15) is 0 Å². The summed E-state index contributed by atoms with van der Waals surface area (Å²) in [5.74, 6) is -0.185. The quantitative estimate of drug-likeness (QED) is 0.444. The fourth-order valence-corrected chi connectivity index (χ4v) is 3.08. The minimum absolute atomic E-state index is 0.185. The van der Waals surface area contributed by atoms with Gasteiger partial charge in [0, 0.05) is 47.8 Å². The average molecular weight is 346 g/mol. The number of hydrogen-bond donors (Lipinski definition) is 4. The standard InChI is InChI=1S/C19H18N6O/c20-7-17(12-3-2-6-21-8-12)25-19(26)15-5-1-4-14-16(11-22-18(14)15)13-9-23-24-10-13/h1-6,8-11,17,22H,7,20H2,(H,23,24)(H,25,26). The molecule has 0 aliphatic carbocycles. The summed E-state index contributed by atoms with van der Waals surface area (Å²) >= 11 is 0. The number of nitrogens with zero attached hydrogens (tertiary/aromatic N) is 2. The van der Waals surface area contributed by atoms with Crippen LogP contribution in [0.3, 0.4) is 0 Å². The number of H-pyrrole nitrogens is 2. The Bertz CT molecular complexity index is 1020. The Morgan fingerprint density at radius 1 is 1.19 bits per heavy atom. The molecule has 0 spiro atoms. The highest BCUT2D eigenvalue weighted by Gasteiger charge is 2.18. The third-order valence-electron chi connectivity index (χ3n) is 4.40. The first-order valence-corrected chi connectivity index (χ1v) is 8.28. The lowest BCUT2D eigenvalue weighted by Gasteiger charge is -2.17. The summed E-state index contributed by atoms with van der Waals surface area (Å²) in [6, 6.07) is 9.08. The molecule has 1 unspecified atom stereocenters. The first-order valence-electron chi connectivity index (χ1n) is 8.28. The maximum absolute atomic E-state index is 12.9. The van der Waals surface area contributed by atoms with E-state index in [-0.39, 0.29) is 11.9 Å². The van der Waals surface area contributed by atoms with E-state index in [4.69, 9.17) is 5.73 Å². The highest BCUT2D eigenvalue weighted by atomic mass is 16.1. The molecule has 7 nitrogen and oxygen atoms in total. The van der Waals surface area contributed by atoms with Crippen molar-refractivity contribution in [3.63, 3.8) is 0 Å². The molecule has 4 aromatic rings. The van der Waals surface area contributed by atoms with Crippen molar-refractivity contribution in [2.75, 3.05) is 6.54 Å². The third-order valence-corrected chi connectivity index (χ3v) is 4.40. The lowest BCUT2D eigenvalue weighted by molar-refractivity contribution is 0.0939. The van der Waals surface area contributed by atoms with Gasteiger partial charge in [0.25, 0.3) is 5.91 Å². The molecule has 130 valence electrons. The molecule has 7 heteroatoms. The molecule has 26 heavy (non-hydrogen) atoms. The van der Waals surface area contributed by atoms with Crippen LogP contribution in [-0.2, 0) is 0 Å². The Labute approximate surface area is 149 Å². The second kappa shape index (κ2) is 6.81. The van der Waals surface area contributed by atoms with Crippen molar-refractivity contribution < 1.29 is 4.79 Å². The van der Waals surface area contributed by atoms with Crippen molar-refractivity contribution in [3.05, 3.63) is 72.4 Å². The van der Waals surface area contributed by atoms with Crippen molar-refractivity contribution >= 4 is 16.8 Å². The molecule has 0 radical (unpaired) electrons. The molecule has 4 rings (SSSR count). The number of benzene rings is 1. The van der Waals surface area contributed by atoms with E-state index in [2.05, 4.69) is 25.5 Å². The van der Waals surface area contributed by atoms with Crippen LogP contribution in [0.1, 0.15) is 22.0 Å². The van der Waals surface area contributed by atoms with Crippen molar-refractivity contribution in [1.29, 1.82) is 0 Å². The second-order valence-electron chi connectivity index (χ2n) is 5.97. The minimum Gasteiger partial charge on any atom is -0.360 e. The lowest BCUT2D eigenvalue weighted by Crippen LogP contribution is -2.33. The van der Waals surface area contributed by atoms with Gasteiger partial charge in [-0.15, -0.1) is 0 Å². The van der Waals surface area contributed by atoms with E-state index in [1.165, 1.54) is 0 Å². The fourth-order valence-electron chi connectivity index (χ4n) is 3.08. The Hall–Kier alpha value is -3.45. The number of fused-ring (bicyclic) bond motifs is 1. The summed E-state index contributed by atoms with van der Waals surface area (Å²) in [4.78, 5) is 20.2. The fraction of sp³-hybridized carbons (Fsp3) is 0.105. The van der Waals surface area contributed by atoms with Crippen molar-refractivity contribution in [2.45, 2.75) is 6.04 Å². The number of rotatable bonds is 5. The van der Waals surface area contributed by atoms with Gasteiger partial charge < -0.3 is 16.0 Å². The van der Waals surface area contributed by atoms with Crippen LogP contribution in [0.2, 0.25) is 0 Å². The Balaban J connectivity index is 1.67. The van der Waals surface area contributed by atoms with Crippen LogP contribution in [0.25, 0.3) is 22.0 Å². The predicted octanol–water partition coefficient (Wildman–Crippen LogP) is 2.38. The zero-order valence-electron chi connectivity index (χ0n) is 13.9. The largest absolute Gasteiger partial charge is 0.360 e. The minimum atomic E-state index is -0.297. The zero-order chi connectivity index (χ0) is 17.9. The van der Waals surface area contributed by atoms with E-state index >= 15 is 0 Å². The van der Waals surface area contributed by atoms with Gasteiger partial charge in [0.05, 0.1) is 23.3 Å². The van der Waals surface area contributed by atoms with E-state index in [9.17, 15) is 4.79 Å². The van der Waals surface area contributed by atoms with Crippen LogP contribution in [0.15, 0.2) is 61.3 Å². The first-order chi connectivity index (χ1) is 12.8. The number of carbonyl (C=O) groups is 1. The number of aromatic amines is 2. The summed E-state index contributed by atoms with van der Waals surface area (Å²) < 4.78 is 0. The summed E-state index contributed by atoms with van der Waals surface area (Å²) in [6.45, 7) is 0.290. The van der Waals surface area contributed by atoms with E-state index in [0.29, 0.717) is 12.1 Å². The van der Waals surface area contributed by atoms with Crippen molar-refractivity contribution in [3.8, 4) is 11.1 Å².